The van der Waals surface area contributed by atoms with E-state index in [0.29, 0.717) is 17.7 Å². The fourth-order valence-corrected chi connectivity index (χ4v) is 3.29. The molecule has 0 unspecified atom stereocenters. The van der Waals surface area contributed by atoms with E-state index in [1.165, 1.54) is 83.5 Å². The van der Waals surface area contributed by atoms with Crippen molar-refractivity contribution in [2.45, 2.75) is 110 Å². The fraction of sp³-hybridized carbons (Fsp3) is 0.680. The van der Waals surface area contributed by atoms with Gasteiger partial charge in [-0.3, -0.25) is 9.59 Å². The van der Waals surface area contributed by atoms with Crippen LogP contribution in [0.25, 0.3) is 0 Å². The van der Waals surface area contributed by atoms with Crippen molar-refractivity contribution in [1.29, 1.82) is 0 Å². The van der Waals surface area contributed by atoms with Gasteiger partial charge in [0.05, 0.1) is 0 Å². The molecule has 0 aliphatic rings. The summed E-state index contributed by atoms with van der Waals surface area (Å²) in [6, 6.07) is 6.47. The maximum Gasteiger partial charge on any atom is 0.303 e. The maximum absolute atomic E-state index is 10.5. The summed E-state index contributed by atoms with van der Waals surface area (Å²) in [5.74, 6) is -1.08. The van der Waals surface area contributed by atoms with Gasteiger partial charge in [-0.25, -0.2) is 0 Å². The summed E-state index contributed by atoms with van der Waals surface area (Å²) in [7, 11) is 0. The van der Waals surface area contributed by atoms with E-state index < -0.39 is 11.9 Å². The summed E-state index contributed by atoms with van der Waals surface area (Å²) >= 11 is 0. The molecule has 5 N–H and O–H groups in total. The van der Waals surface area contributed by atoms with Gasteiger partial charge in [0.2, 0.25) is 5.91 Å². The first-order chi connectivity index (χ1) is 14.5. The van der Waals surface area contributed by atoms with Gasteiger partial charge < -0.3 is 16.6 Å². The number of hydrogen-bond donors (Lipinski definition) is 3. The summed E-state index contributed by atoms with van der Waals surface area (Å²) < 4.78 is 0. The summed E-state index contributed by atoms with van der Waals surface area (Å²) in [6.07, 6.45) is 20.2. The molecule has 0 atom stereocenters. The second-order valence-corrected chi connectivity index (χ2v) is 8.08. The molecule has 1 aromatic carbocycles. The van der Waals surface area contributed by atoms with Gasteiger partial charge >= 0.3 is 5.97 Å². The lowest BCUT2D eigenvalue weighted by atomic mass is 10.0. The van der Waals surface area contributed by atoms with E-state index >= 15 is 0 Å². The van der Waals surface area contributed by atoms with Crippen molar-refractivity contribution in [3.8, 4) is 0 Å². The highest BCUT2D eigenvalue weighted by Gasteiger charge is 1.97. The molecule has 0 bridgehead atoms. The van der Waals surface area contributed by atoms with E-state index in [1.807, 2.05) is 0 Å². The average Bonchev–Trinajstić information content (AvgIpc) is 2.71. The van der Waals surface area contributed by atoms with Crippen LogP contribution >= 0.6 is 0 Å². The van der Waals surface area contributed by atoms with Crippen molar-refractivity contribution in [3.63, 3.8) is 0 Å². The minimum Gasteiger partial charge on any atom is -0.481 e. The minimum absolute atomic E-state index is 0.345. The van der Waals surface area contributed by atoms with Crippen molar-refractivity contribution in [3.05, 3.63) is 29.8 Å². The highest BCUT2D eigenvalue weighted by Crippen LogP contribution is 2.13. The number of nitrogens with two attached hydrogens (primary N) is 2. The summed E-state index contributed by atoms with van der Waals surface area (Å²) in [6.45, 7) is 2.27. The van der Waals surface area contributed by atoms with Crippen LogP contribution in [0.2, 0.25) is 0 Å². The molecule has 1 rings (SSSR count). The lowest BCUT2D eigenvalue weighted by Gasteiger charge is -2.03. The number of benzene rings is 1. The lowest BCUT2D eigenvalue weighted by Crippen LogP contribution is -2.10. The number of carboxylic acids is 1. The van der Waals surface area contributed by atoms with Gasteiger partial charge in [-0.15, -0.1) is 0 Å². The Bertz CT molecular complexity index is 544. The third-order valence-electron chi connectivity index (χ3n) is 5.19. The Labute approximate surface area is 183 Å². The third-order valence-corrected chi connectivity index (χ3v) is 5.19. The van der Waals surface area contributed by atoms with Crippen LogP contribution in [0.4, 0.5) is 5.69 Å². The summed E-state index contributed by atoms with van der Waals surface area (Å²) in [4.78, 5) is 20.8. The van der Waals surface area contributed by atoms with Gasteiger partial charge in [0.25, 0.3) is 0 Å². The predicted molar refractivity (Wildman–Crippen MR) is 127 cm³/mol. The molecular formula is C25H44N2O3. The third kappa shape index (κ3) is 19.3. The Kier molecular flexibility index (Phi) is 18.9. The first kappa shape index (κ1) is 28.0. The zero-order valence-corrected chi connectivity index (χ0v) is 19.0. The molecular weight excluding hydrogens is 376 g/mol. The Morgan fingerprint density at radius 1 is 0.700 bits per heavy atom. The molecule has 30 heavy (non-hydrogen) atoms. The van der Waals surface area contributed by atoms with E-state index in [2.05, 4.69) is 6.92 Å². The average molecular weight is 421 g/mol. The Morgan fingerprint density at radius 3 is 1.40 bits per heavy atom. The van der Waals surface area contributed by atoms with Gasteiger partial charge in [0.15, 0.2) is 0 Å². The minimum atomic E-state index is -0.653. The molecule has 1 aromatic rings. The van der Waals surface area contributed by atoms with Crippen LogP contribution in [0.5, 0.6) is 0 Å². The number of rotatable bonds is 17. The second-order valence-electron chi connectivity index (χ2n) is 8.08. The summed E-state index contributed by atoms with van der Waals surface area (Å²) in [5, 5.41) is 8.52. The number of primary amides is 1. The number of carbonyl (C=O) groups is 2. The second kappa shape index (κ2) is 20.2. The number of anilines is 1. The van der Waals surface area contributed by atoms with Crippen molar-refractivity contribution < 1.29 is 14.7 Å². The van der Waals surface area contributed by atoms with Crippen molar-refractivity contribution >= 4 is 17.6 Å². The normalized spacial score (nSPS) is 10.3. The van der Waals surface area contributed by atoms with Crippen LogP contribution in [0.1, 0.15) is 120 Å². The predicted octanol–water partition coefficient (Wildman–Crippen LogP) is 6.70. The molecule has 172 valence electrons. The SMILES string of the molecule is CCCCCCCCCCCCCCCCCC(=O)O.NC(=O)c1ccc(N)cc1. The van der Waals surface area contributed by atoms with E-state index in [9.17, 15) is 9.59 Å². The highest BCUT2D eigenvalue weighted by atomic mass is 16.4. The smallest absolute Gasteiger partial charge is 0.303 e. The van der Waals surface area contributed by atoms with Crippen molar-refractivity contribution in [2.75, 3.05) is 5.73 Å². The number of unbranched alkanes of at least 4 members (excludes halogenated alkanes) is 14. The van der Waals surface area contributed by atoms with Crippen LogP contribution in [0.3, 0.4) is 0 Å². The van der Waals surface area contributed by atoms with Gasteiger partial charge in [-0.1, -0.05) is 96.8 Å². The van der Waals surface area contributed by atoms with Crippen LogP contribution in [0, 0.1) is 0 Å². The van der Waals surface area contributed by atoms with Gasteiger partial charge in [-0.2, -0.15) is 0 Å². The topological polar surface area (TPSA) is 106 Å². The molecule has 0 aliphatic heterocycles. The largest absolute Gasteiger partial charge is 0.481 e. The molecule has 0 spiro atoms. The van der Waals surface area contributed by atoms with Crippen LogP contribution in [-0.4, -0.2) is 17.0 Å². The number of amides is 1. The van der Waals surface area contributed by atoms with Crippen LogP contribution in [-0.2, 0) is 4.79 Å². The first-order valence-electron chi connectivity index (χ1n) is 11.8. The highest BCUT2D eigenvalue weighted by molar-refractivity contribution is 5.93. The van der Waals surface area contributed by atoms with E-state index in [4.69, 9.17) is 16.6 Å². The summed E-state index contributed by atoms with van der Waals surface area (Å²) in [5.41, 5.74) is 11.5. The van der Waals surface area contributed by atoms with Gasteiger partial charge in [-0.05, 0) is 30.7 Å². The molecule has 0 saturated heterocycles. The molecule has 1 amide bonds. The molecule has 0 aliphatic carbocycles. The quantitative estimate of drug-likeness (QED) is 0.192. The van der Waals surface area contributed by atoms with E-state index in [1.54, 1.807) is 24.3 Å². The van der Waals surface area contributed by atoms with E-state index in [-0.39, 0.29) is 0 Å². The molecule has 0 radical (unpaired) electrons. The van der Waals surface area contributed by atoms with Gasteiger partial charge in [0, 0.05) is 17.7 Å². The molecule has 0 aromatic heterocycles. The van der Waals surface area contributed by atoms with E-state index in [0.717, 1.165) is 12.8 Å². The van der Waals surface area contributed by atoms with Crippen molar-refractivity contribution in [2.24, 2.45) is 5.73 Å². The lowest BCUT2D eigenvalue weighted by molar-refractivity contribution is -0.137. The Hall–Kier alpha value is -2.04. The number of hydrogen-bond acceptors (Lipinski definition) is 3. The van der Waals surface area contributed by atoms with Gasteiger partial charge in [0.1, 0.15) is 0 Å². The molecule has 0 fully saturated rings. The molecule has 5 heteroatoms. The number of carbonyl (C=O) groups excluding carboxylic acids is 1. The maximum atomic E-state index is 10.5. The Balaban J connectivity index is 0.000000696. The van der Waals surface area contributed by atoms with Crippen LogP contribution < -0.4 is 11.5 Å². The first-order valence-corrected chi connectivity index (χ1v) is 11.8. The fourth-order valence-electron chi connectivity index (χ4n) is 3.29. The van der Waals surface area contributed by atoms with Crippen molar-refractivity contribution in [1.82, 2.24) is 0 Å². The zero-order valence-electron chi connectivity index (χ0n) is 19.0. The molecule has 0 saturated carbocycles. The Morgan fingerprint density at radius 2 is 1.07 bits per heavy atom. The van der Waals surface area contributed by atoms with Crippen LogP contribution in [0.15, 0.2) is 24.3 Å². The standard InChI is InChI=1S/C18H36O2.C7H8N2O/c1-2-3-4-5-6-7-8-9-10-11-12-13-14-15-16-17-18(19)20;8-6-3-1-5(2-4-6)7(9)10/h2-17H2,1H3,(H,19,20);1-4H,8H2,(H2,9,10). The molecule has 5 nitrogen and oxygen atoms in total. The zero-order chi connectivity index (χ0) is 22.5. The molecule has 0 heterocycles. The monoisotopic (exact) mass is 420 g/mol. The number of aliphatic carboxylic acids is 1. The number of nitrogen functional groups attached to an aromatic ring is 1. The number of carboxylic acid groups (broad SMARTS) is 1.